The minimum Gasteiger partial charge on any atom is -0.308 e. The summed E-state index contributed by atoms with van der Waals surface area (Å²) in [5, 5.41) is 0. The predicted molar refractivity (Wildman–Crippen MR) is 135 cm³/mol. The molecule has 18 heteroatoms. The first kappa shape index (κ1) is 34.2. The Labute approximate surface area is 250 Å². The Hall–Kier alpha value is -3.28. The van der Waals surface area contributed by atoms with Crippen molar-refractivity contribution < 1.29 is 62.3 Å². The van der Waals surface area contributed by atoms with Crippen molar-refractivity contribution >= 4 is 55.3 Å². The highest BCUT2D eigenvalue weighted by molar-refractivity contribution is 9.11. The lowest BCUT2D eigenvalue weighted by Crippen LogP contribution is -2.59. The van der Waals surface area contributed by atoms with E-state index < -0.39 is 85.7 Å². The SMILES string of the molecule is CN(C(=O)c1c(F)cccc1F)c1cccc(C(=O)N(Br)c2ccc(C(F)(C(F)(F)F)C(F)(F)C(F)(F)F)cc2Br)c1F. The number of benzene rings is 3. The number of hydrogen-bond donors (Lipinski definition) is 0. The minimum atomic E-state index is -6.96. The van der Waals surface area contributed by atoms with Crippen LogP contribution in [0, 0.1) is 17.5 Å². The highest BCUT2D eigenvalue weighted by atomic mass is 79.9. The van der Waals surface area contributed by atoms with Gasteiger partial charge in [0.25, 0.3) is 11.8 Å². The Bertz CT molecular complexity index is 1560. The van der Waals surface area contributed by atoms with Gasteiger partial charge in [-0.2, -0.15) is 35.1 Å². The molecule has 0 radical (unpaired) electrons. The number of carbonyl (C=O) groups excluding carboxylic acids is 2. The summed E-state index contributed by atoms with van der Waals surface area (Å²) in [6.45, 7) is 0. The Kier molecular flexibility index (Phi) is 9.28. The van der Waals surface area contributed by atoms with E-state index in [0.717, 1.165) is 43.4 Å². The Morgan fingerprint density at radius 2 is 1.26 bits per heavy atom. The first-order chi connectivity index (χ1) is 19.6. The zero-order chi connectivity index (χ0) is 32.9. The van der Waals surface area contributed by atoms with Gasteiger partial charge in [0.2, 0.25) is 0 Å². The molecule has 2 amide bonds. The Morgan fingerprint density at radius 3 is 1.74 bits per heavy atom. The van der Waals surface area contributed by atoms with Crippen LogP contribution >= 0.6 is 32.1 Å². The highest BCUT2D eigenvalue weighted by Gasteiger charge is 2.81. The van der Waals surface area contributed by atoms with E-state index in [4.69, 9.17) is 0 Å². The average molecular weight is 760 g/mol. The van der Waals surface area contributed by atoms with Crippen molar-refractivity contribution in [2.24, 2.45) is 0 Å². The molecule has 0 saturated heterocycles. The average Bonchev–Trinajstić information content (AvgIpc) is 2.90. The zero-order valence-corrected chi connectivity index (χ0v) is 23.9. The summed E-state index contributed by atoms with van der Waals surface area (Å²) in [6, 6.07) is 5.52. The van der Waals surface area contributed by atoms with Crippen LogP contribution in [-0.2, 0) is 5.67 Å². The Morgan fingerprint density at radius 1 is 0.721 bits per heavy atom. The van der Waals surface area contributed by atoms with Crippen molar-refractivity contribution in [1.82, 2.24) is 0 Å². The van der Waals surface area contributed by atoms with Crippen molar-refractivity contribution in [1.29, 1.82) is 0 Å². The Balaban J connectivity index is 2.02. The maximum Gasteiger partial charge on any atom is 0.457 e. The van der Waals surface area contributed by atoms with Gasteiger partial charge in [-0.3, -0.25) is 9.59 Å². The van der Waals surface area contributed by atoms with Crippen LogP contribution in [0.5, 0.6) is 0 Å². The monoisotopic (exact) mass is 758 g/mol. The van der Waals surface area contributed by atoms with Gasteiger partial charge in [-0.25, -0.2) is 21.5 Å². The predicted octanol–water partition coefficient (Wildman–Crippen LogP) is 9.02. The summed E-state index contributed by atoms with van der Waals surface area (Å²) < 4.78 is 164. The van der Waals surface area contributed by atoms with Gasteiger partial charge in [0.15, 0.2) is 5.82 Å². The standard InChI is InChI=1S/C25H12Br2F12N2O2/c1-40(21(43)18-14(28)5-3-6-15(18)29)17-7-2-4-12(19(17)30)20(42)41(27)16-9-8-11(10-13(16)26)22(31,24(34,35)36)23(32,33)25(37,38)39/h2-10H,1H3. The van der Waals surface area contributed by atoms with Crippen LogP contribution in [0.4, 0.5) is 64.1 Å². The van der Waals surface area contributed by atoms with Crippen LogP contribution in [0.15, 0.2) is 59.1 Å². The maximum absolute atomic E-state index is 15.4. The molecular formula is C25H12Br2F12N2O2. The van der Waals surface area contributed by atoms with E-state index in [-0.39, 0.29) is 12.1 Å². The molecule has 1 unspecified atom stereocenters. The molecule has 3 aromatic carbocycles. The van der Waals surface area contributed by atoms with E-state index in [0.29, 0.717) is 14.9 Å². The normalized spacial score (nSPS) is 13.8. The fraction of sp³-hybridized carbons (Fsp3) is 0.200. The largest absolute Gasteiger partial charge is 0.457 e. The van der Waals surface area contributed by atoms with E-state index in [1.807, 2.05) is 0 Å². The number of anilines is 2. The molecule has 4 nitrogen and oxygen atoms in total. The third-order valence-electron chi connectivity index (χ3n) is 5.97. The quantitative estimate of drug-likeness (QED) is 0.186. The number of nitrogens with zero attached hydrogens (tertiary/aromatic N) is 2. The lowest BCUT2D eigenvalue weighted by molar-refractivity contribution is -0.389. The molecule has 43 heavy (non-hydrogen) atoms. The summed E-state index contributed by atoms with van der Waals surface area (Å²) in [5.74, 6) is -13.7. The third-order valence-corrected chi connectivity index (χ3v) is 7.31. The second-order valence-corrected chi connectivity index (χ2v) is 10.1. The van der Waals surface area contributed by atoms with Crippen molar-refractivity contribution in [3.63, 3.8) is 0 Å². The fourth-order valence-electron chi connectivity index (χ4n) is 3.74. The third kappa shape index (κ3) is 5.82. The molecule has 0 spiro atoms. The van der Waals surface area contributed by atoms with Crippen LogP contribution in [0.1, 0.15) is 26.3 Å². The molecule has 0 aliphatic heterocycles. The summed E-state index contributed by atoms with van der Waals surface area (Å²) in [6.07, 6.45) is -13.7. The van der Waals surface area contributed by atoms with Gasteiger partial charge in [-0.15, -0.1) is 0 Å². The molecule has 0 heterocycles. The smallest absolute Gasteiger partial charge is 0.308 e. The van der Waals surface area contributed by atoms with Crippen LogP contribution < -0.4 is 8.83 Å². The molecule has 0 aliphatic rings. The van der Waals surface area contributed by atoms with Gasteiger partial charge in [0.05, 0.1) is 33.1 Å². The minimum absolute atomic E-state index is 0.0772. The second kappa shape index (κ2) is 11.7. The number of halogens is 14. The van der Waals surface area contributed by atoms with E-state index in [9.17, 15) is 57.9 Å². The number of alkyl halides is 9. The second-order valence-electron chi connectivity index (χ2n) is 8.58. The first-order valence-corrected chi connectivity index (χ1v) is 12.6. The lowest BCUT2D eigenvalue weighted by Gasteiger charge is -2.36. The van der Waals surface area contributed by atoms with Crippen molar-refractivity contribution in [3.05, 3.63) is 93.2 Å². The topological polar surface area (TPSA) is 40.6 Å². The molecule has 0 N–H and O–H groups in total. The van der Waals surface area contributed by atoms with Gasteiger partial charge in [-0.1, -0.05) is 18.2 Å². The summed E-state index contributed by atoms with van der Waals surface area (Å²) >= 11 is 5.25. The molecule has 1 atom stereocenters. The number of carbonyl (C=O) groups is 2. The van der Waals surface area contributed by atoms with E-state index >= 15 is 4.39 Å². The van der Waals surface area contributed by atoms with Crippen LogP contribution in [0.2, 0.25) is 0 Å². The van der Waals surface area contributed by atoms with Crippen molar-refractivity contribution in [2.75, 3.05) is 15.9 Å². The molecule has 0 aliphatic carbocycles. The van der Waals surface area contributed by atoms with E-state index in [2.05, 4.69) is 32.1 Å². The molecule has 3 aromatic rings. The molecule has 0 fully saturated rings. The number of rotatable bonds is 6. The van der Waals surface area contributed by atoms with Crippen LogP contribution in [0.3, 0.4) is 0 Å². The summed E-state index contributed by atoms with van der Waals surface area (Å²) in [5.41, 5.74) is -11.6. The van der Waals surface area contributed by atoms with Gasteiger partial charge >= 0.3 is 23.9 Å². The molecule has 0 aromatic heterocycles. The van der Waals surface area contributed by atoms with Crippen LogP contribution in [-0.4, -0.2) is 37.1 Å². The fourth-order valence-corrected chi connectivity index (χ4v) is 5.03. The zero-order valence-electron chi connectivity index (χ0n) is 20.7. The lowest BCUT2D eigenvalue weighted by atomic mass is 9.87. The van der Waals surface area contributed by atoms with E-state index in [1.165, 1.54) is 0 Å². The molecule has 0 bridgehead atoms. The molecule has 232 valence electrons. The first-order valence-electron chi connectivity index (χ1n) is 11.1. The van der Waals surface area contributed by atoms with Gasteiger partial charge in [0, 0.05) is 17.1 Å². The summed E-state index contributed by atoms with van der Waals surface area (Å²) in [7, 11) is 0.919. The highest BCUT2D eigenvalue weighted by Crippen LogP contribution is 2.58. The van der Waals surface area contributed by atoms with Crippen molar-refractivity contribution in [2.45, 2.75) is 23.9 Å². The van der Waals surface area contributed by atoms with Gasteiger partial charge in [0.1, 0.15) is 17.2 Å². The maximum atomic E-state index is 15.4. The molecule has 0 saturated carbocycles. The summed E-state index contributed by atoms with van der Waals surface area (Å²) in [4.78, 5) is 26.2. The molecular weight excluding hydrogens is 748 g/mol. The van der Waals surface area contributed by atoms with E-state index in [1.54, 1.807) is 0 Å². The molecule has 3 rings (SSSR count). The number of hydrogen-bond acceptors (Lipinski definition) is 2. The van der Waals surface area contributed by atoms with Crippen molar-refractivity contribution in [3.8, 4) is 0 Å². The number of amides is 2. The van der Waals surface area contributed by atoms with Gasteiger partial charge < -0.3 is 4.90 Å². The van der Waals surface area contributed by atoms with Gasteiger partial charge in [-0.05, 0) is 52.3 Å². The van der Waals surface area contributed by atoms with Crippen LogP contribution in [0.25, 0.3) is 0 Å².